The molecule has 7 amide bonds. The van der Waals surface area contributed by atoms with Crippen LogP contribution in [0.5, 0.6) is 5.88 Å². The summed E-state index contributed by atoms with van der Waals surface area (Å²) in [5, 5.41) is 10.7. The van der Waals surface area contributed by atoms with Gasteiger partial charge >= 0.3 is 12.0 Å². The van der Waals surface area contributed by atoms with E-state index in [9.17, 15) is 33.6 Å². The Morgan fingerprint density at radius 1 is 0.918 bits per heavy atom. The monoisotopic (exact) mass is 1040 g/mol. The maximum atomic E-state index is 15.0. The van der Waals surface area contributed by atoms with E-state index < -0.39 is 28.3 Å². The number of urea groups is 1. The van der Waals surface area contributed by atoms with Gasteiger partial charge in [-0.15, -0.1) is 5.06 Å². The van der Waals surface area contributed by atoms with Crippen molar-refractivity contribution in [2.45, 2.75) is 114 Å². The Balaban J connectivity index is 0.666. The van der Waals surface area contributed by atoms with Crippen LogP contribution in [0.1, 0.15) is 113 Å². The van der Waals surface area contributed by atoms with Crippen molar-refractivity contribution >= 4 is 74.5 Å². The summed E-state index contributed by atoms with van der Waals surface area (Å²) in [5.41, 5.74) is 6.84. The summed E-state index contributed by atoms with van der Waals surface area (Å²) < 4.78 is 20.4. The molecule has 0 bridgehead atoms. The van der Waals surface area contributed by atoms with Gasteiger partial charge in [-0.1, -0.05) is 33.7 Å². The van der Waals surface area contributed by atoms with Crippen LogP contribution in [0, 0.1) is 11.7 Å². The number of hydrogen-bond acceptors (Lipinski definition) is 15. The molecule has 2 atom stereocenters. The predicted octanol–water partition coefficient (Wildman–Crippen LogP) is 5.74. The van der Waals surface area contributed by atoms with Gasteiger partial charge in [0.2, 0.25) is 23.6 Å². The number of nitrogens with zero attached hydrogens (tertiary/aromatic N) is 7. The molecule has 8 rings (SSSR count). The molecule has 390 valence electrons. The number of carbonyl (C=O) groups excluding carboxylic acids is 7. The number of likely N-dealkylation sites (tertiary alicyclic amines) is 1. The van der Waals surface area contributed by atoms with Crippen molar-refractivity contribution in [3.63, 3.8) is 0 Å². The molecule has 4 fully saturated rings. The third-order valence-corrected chi connectivity index (χ3v) is 16.9. The summed E-state index contributed by atoms with van der Waals surface area (Å²) in [7, 11) is 3.16. The first-order chi connectivity index (χ1) is 35.2. The number of rotatable bonds is 20. The second-order valence-electron chi connectivity index (χ2n) is 19.5. The Labute approximate surface area is 431 Å². The van der Waals surface area contributed by atoms with E-state index in [2.05, 4.69) is 36.0 Å². The number of hydrogen-bond donors (Lipinski definition) is 3. The maximum absolute atomic E-state index is 15.0. The molecule has 3 saturated heterocycles. The lowest BCUT2D eigenvalue weighted by molar-refractivity contribution is -0.197. The molecule has 3 aromatic rings. The number of hydroxylamine groups is 2. The fourth-order valence-corrected chi connectivity index (χ4v) is 12.0. The standard InChI is InChI=1S/C51H63FN10O9S2/c1-51(2,30-43(63)58-57-42-8-3-7-41-37(42)12-13-44(56-41)70-26-5-9-48(67)71-62-46(65)14-15-47(62)66)73-72-27-18-45(64)60-24-22-59(23-25-60)36-16-20-61(21-17-36)50(69)54-32-34-10-11-35(28-40(34)52)55-49(68)39-29-38(39)33-6-4-19-53-31-33/h4,6,10-13,19,28,31,36,38-39H,3,5,7-9,14-18,20-27,29-30,32H2,1-2H3,(H,54,69)(H,55,68)(H,58,63)/b57-42+. The number of nitrogens with one attached hydrogen (secondary N) is 3. The van der Waals surface area contributed by atoms with Gasteiger partial charge in [0.1, 0.15) is 5.82 Å². The van der Waals surface area contributed by atoms with Crippen LogP contribution in [0.2, 0.25) is 0 Å². The SMILES string of the molecule is CC(C)(CC(=O)N/N=C1\CCCc2nc(OCCCC(=O)ON3C(=O)CCC3=O)ccc21)SSCCC(=O)N1CCN(C2CCN(C(=O)NCc3ccc(NC(=O)C4CC4c4cccnc4)cc3F)CC2)CC1. The number of pyridine rings is 2. The number of carbonyl (C=O) groups is 7. The molecule has 22 heteroatoms. The quantitative estimate of drug-likeness (QED) is 0.0532. The highest BCUT2D eigenvalue weighted by atomic mass is 33.1. The van der Waals surface area contributed by atoms with Gasteiger partial charge in [-0.3, -0.25) is 33.9 Å². The van der Waals surface area contributed by atoms with Crippen molar-refractivity contribution < 1.29 is 47.5 Å². The van der Waals surface area contributed by atoms with Crippen molar-refractivity contribution in [3.05, 3.63) is 83.1 Å². The summed E-state index contributed by atoms with van der Waals surface area (Å²) in [6.07, 6.45) is 9.01. The zero-order valence-corrected chi connectivity index (χ0v) is 42.9. The van der Waals surface area contributed by atoms with E-state index in [-0.39, 0.29) is 74.4 Å². The lowest BCUT2D eigenvalue weighted by Crippen LogP contribution is -2.55. The van der Waals surface area contributed by atoms with Crippen molar-refractivity contribution in [2.75, 3.05) is 56.9 Å². The molecule has 0 spiro atoms. The summed E-state index contributed by atoms with van der Waals surface area (Å²) >= 11 is 0. The van der Waals surface area contributed by atoms with Crippen LogP contribution < -0.4 is 20.8 Å². The number of ether oxygens (including phenoxy) is 1. The van der Waals surface area contributed by atoms with Crippen LogP contribution in [0.3, 0.4) is 0 Å². The molecule has 19 nitrogen and oxygen atoms in total. The average molecular weight is 1040 g/mol. The molecule has 1 aromatic carbocycles. The Hall–Kier alpha value is -6.13. The molecular formula is C51H63FN10O9S2. The largest absolute Gasteiger partial charge is 0.478 e. The summed E-state index contributed by atoms with van der Waals surface area (Å²) in [6.45, 7) is 8.22. The van der Waals surface area contributed by atoms with Crippen molar-refractivity contribution in [2.24, 2.45) is 11.0 Å². The molecule has 5 heterocycles. The fraction of sp³-hybridized carbons (Fsp3) is 0.529. The molecule has 2 aliphatic carbocycles. The number of piperidine rings is 1. The Morgan fingerprint density at radius 2 is 1.70 bits per heavy atom. The number of piperazine rings is 1. The Kier molecular flexibility index (Phi) is 18.0. The third kappa shape index (κ3) is 14.8. The van der Waals surface area contributed by atoms with E-state index >= 15 is 4.39 Å². The second-order valence-corrected chi connectivity index (χ2v) is 22.6. The molecule has 1 saturated carbocycles. The zero-order valence-electron chi connectivity index (χ0n) is 41.3. The number of benzene rings is 1. The molecule has 5 aliphatic rings. The topological polar surface area (TPSA) is 225 Å². The van der Waals surface area contributed by atoms with Crippen molar-refractivity contribution in [1.82, 2.24) is 40.5 Å². The number of aromatic nitrogens is 2. The Bertz CT molecular complexity index is 2540. The van der Waals surface area contributed by atoms with E-state index in [0.717, 1.165) is 67.7 Å². The number of anilines is 1. The molecule has 73 heavy (non-hydrogen) atoms. The van der Waals surface area contributed by atoms with Crippen LogP contribution in [-0.4, -0.2) is 139 Å². The number of imide groups is 1. The van der Waals surface area contributed by atoms with Gasteiger partial charge in [0.05, 0.1) is 24.4 Å². The first-order valence-electron chi connectivity index (χ1n) is 25.1. The molecule has 3 N–H and O–H groups in total. The van der Waals surface area contributed by atoms with Crippen LogP contribution in [0.4, 0.5) is 14.9 Å². The number of aryl methyl sites for hydroxylation is 1. The lowest BCUT2D eigenvalue weighted by atomic mass is 9.94. The van der Waals surface area contributed by atoms with Crippen LogP contribution in [0.15, 0.2) is 60.0 Å². The van der Waals surface area contributed by atoms with Gasteiger partial charge in [-0.2, -0.15) is 5.10 Å². The Morgan fingerprint density at radius 3 is 2.44 bits per heavy atom. The first-order valence-corrected chi connectivity index (χ1v) is 27.4. The molecule has 0 radical (unpaired) electrons. The van der Waals surface area contributed by atoms with Crippen LogP contribution in [-0.2, 0) is 46.6 Å². The zero-order chi connectivity index (χ0) is 51.5. The molecule has 2 unspecified atom stereocenters. The first kappa shape index (κ1) is 53.2. The van der Waals surface area contributed by atoms with Gasteiger partial charge in [-0.25, -0.2) is 24.4 Å². The smallest absolute Gasteiger partial charge is 0.333 e. The highest BCUT2D eigenvalue weighted by Crippen LogP contribution is 2.47. The minimum absolute atomic E-state index is 0.0331. The number of hydrazone groups is 1. The summed E-state index contributed by atoms with van der Waals surface area (Å²) in [5.74, 6) is -1.50. The fourth-order valence-electron chi connectivity index (χ4n) is 9.47. The minimum atomic E-state index is -0.686. The van der Waals surface area contributed by atoms with Gasteiger partial charge in [-0.05, 0) is 94.5 Å². The van der Waals surface area contributed by atoms with Gasteiger partial charge in [0.15, 0.2) is 0 Å². The van der Waals surface area contributed by atoms with E-state index in [0.29, 0.717) is 79.4 Å². The molecule has 2 aromatic heterocycles. The second kappa shape index (κ2) is 24.7. The van der Waals surface area contributed by atoms with E-state index in [1.165, 1.54) is 6.07 Å². The van der Waals surface area contributed by atoms with Gasteiger partial charge < -0.3 is 30.0 Å². The van der Waals surface area contributed by atoms with E-state index in [4.69, 9.17) is 9.57 Å². The number of amides is 7. The highest BCUT2D eigenvalue weighted by molar-refractivity contribution is 8.77. The molecule has 3 aliphatic heterocycles. The number of halogens is 1. The van der Waals surface area contributed by atoms with E-state index in [1.54, 1.807) is 57.1 Å². The normalized spacial score (nSPS) is 19.9. The van der Waals surface area contributed by atoms with Crippen molar-refractivity contribution in [1.29, 1.82) is 0 Å². The lowest BCUT2D eigenvalue weighted by Gasteiger charge is -2.42. The molecular weight excluding hydrogens is 980 g/mol. The summed E-state index contributed by atoms with van der Waals surface area (Å²) in [6, 6.07) is 12.0. The van der Waals surface area contributed by atoms with Crippen LogP contribution in [0.25, 0.3) is 0 Å². The third-order valence-electron chi connectivity index (χ3n) is 13.6. The van der Waals surface area contributed by atoms with Gasteiger partial charge in [0.25, 0.3) is 11.8 Å². The van der Waals surface area contributed by atoms with E-state index in [1.807, 2.05) is 36.9 Å². The van der Waals surface area contributed by atoms with Gasteiger partial charge in [0, 0.05) is 129 Å². The average Bonchev–Trinajstić information content (AvgIpc) is 4.14. The minimum Gasteiger partial charge on any atom is -0.478 e. The summed E-state index contributed by atoms with van der Waals surface area (Å²) in [4.78, 5) is 107. The number of fused-ring (bicyclic) bond motifs is 1. The van der Waals surface area contributed by atoms with Crippen LogP contribution >= 0.6 is 21.6 Å². The van der Waals surface area contributed by atoms with Crippen molar-refractivity contribution in [3.8, 4) is 5.88 Å². The highest BCUT2D eigenvalue weighted by Gasteiger charge is 2.44. The predicted molar refractivity (Wildman–Crippen MR) is 272 cm³/mol. The maximum Gasteiger partial charge on any atom is 0.333 e.